The second-order valence-corrected chi connectivity index (χ2v) is 5.30. The van der Waals surface area contributed by atoms with E-state index in [2.05, 4.69) is 22.2 Å². The van der Waals surface area contributed by atoms with Gasteiger partial charge in [-0.3, -0.25) is 4.79 Å². The van der Waals surface area contributed by atoms with E-state index in [0.29, 0.717) is 24.8 Å². The average Bonchev–Trinajstić information content (AvgIpc) is 2.47. The molecule has 5 heteroatoms. The van der Waals surface area contributed by atoms with Crippen LogP contribution in [0.25, 0.3) is 0 Å². The molecule has 0 bridgehead atoms. The topological polar surface area (TPSA) is 54.5 Å². The molecule has 1 N–H and O–H groups in total. The fourth-order valence-electron chi connectivity index (χ4n) is 2.57. The van der Waals surface area contributed by atoms with Gasteiger partial charge in [-0.2, -0.15) is 0 Å². The third-order valence-electron chi connectivity index (χ3n) is 3.64. The number of pyridine rings is 1. The maximum Gasteiger partial charge on any atom is 0.269 e. The van der Waals surface area contributed by atoms with Crippen molar-refractivity contribution in [2.75, 3.05) is 40.4 Å². The van der Waals surface area contributed by atoms with Crippen LogP contribution in [0.1, 0.15) is 34.9 Å². The fourth-order valence-corrected chi connectivity index (χ4v) is 2.57. The second-order valence-electron chi connectivity index (χ2n) is 5.30. The molecule has 1 aliphatic heterocycles. The van der Waals surface area contributed by atoms with Gasteiger partial charge < -0.3 is 15.0 Å². The highest BCUT2D eigenvalue weighted by Crippen LogP contribution is 2.24. The number of hydrogen-bond donors (Lipinski definition) is 1. The first-order valence-electron chi connectivity index (χ1n) is 7.13. The molecule has 1 aromatic heterocycles. The molecule has 1 atom stereocenters. The number of aromatic nitrogens is 1. The minimum atomic E-state index is -0.131. The molecule has 0 aliphatic carbocycles. The summed E-state index contributed by atoms with van der Waals surface area (Å²) in [5.41, 5.74) is 1.52. The summed E-state index contributed by atoms with van der Waals surface area (Å²) in [5.74, 6) is 0.300. The Hall–Kier alpha value is -1.46. The number of likely N-dealkylation sites (tertiary alicyclic amines) is 1. The Balaban J connectivity index is 2.01. The minimum Gasteiger partial charge on any atom is -0.383 e. The van der Waals surface area contributed by atoms with E-state index in [1.165, 1.54) is 6.42 Å². The Morgan fingerprint density at radius 1 is 1.55 bits per heavy atom. The average molecular weight is 277 g/mol. The number of nitrogens with zero attached hydrogens (tertiary/aromatic N) is 2. The molecular formula is C15H23N3O2. The van der Waals surface area contributed by atoms with Gasteiger partial charge in [-0.1, -0.05) is 6.07 Å². The molecule has 0 radical (unpaired) electrons. The summed E-state index contributed by atoms with van der Waals surface area (Å²) < 4.78 is 4.92. The van der Waals surface area contributed by atoms with Crippen LogP contribution in [0.5, 0.6) is 0 Å². The fraction of sp³-hybridized carbons (Fsp3) is 0.600. The number of hydrogen-bond acceptors (Lipinski definition) is 4. The van der Waals surface area contributed by atoms with Gasteiger partial charge in [0.05, 0.1) is 6.61 Å². The molecule has 0 spiro atoms. The first kappa shape index (κ1) is 14.9. The zero-order chi connectivity index (χ0) is 14.4. The quantitative estimate of drug-likeness (QED) is 0.824. The molecule has 1 aliphatic rings. The van der Waals surface area contributed by atoms with Gasteiger partial charge in [-0.15, -0.1) is 0 Å². The van der Waals surface area contributed by atoms with Crippen molar-refractivity contribution >= 4 is 5.91 Å². The van der Waals surface area contributed by atoms with Crippen LogP contribution < -0.4 is 5.32 Å². The third kappa shape index (κ3) is 4.02. The van der Waals surface area contributed by atoms with Crippen LogP contribution in [-0.4, -0.2) is 56.2 Å². The molecule has 1 fully saturated rings. The van der Waals surface area contributed by atoms with Crippen LogP contribution in [-0.2, 0) is 4.74 Å². The van der Waals surface area contributed by atoms with Gasteiger partial charge in [-0.25, -0.2) is 4.98 Å². The molecule has 20 heavy (non-hydrogen) atoms. The lowest BCUT2D eigenvalue weighted by Gasteiger charge is -2.29. The van der Waals surface area contributed by atoms with E-state index in [-0.39, 0.29) is 5.91 Å². The van der Waals surface area contributed by atoms with Crippen LogP contribution in [0, 0.1) is 0 Å². The maximum atomic E-state index is 12.0. The van der Waals surface area contributed by atoms with Gasteiger partial charge in [0.15, 0.2) is 0 Å². The van der Waals surface area contributed by atoms with Crippen molar-refractivity contribution in [1.29, 1.82) is 0 Å². The van der Waals surface area contributed by atoms with Gasteiger partial charge in [0.1, 0.15) is 5.69 Å². The highest BCUT2D eigenvalue weighted by atomic mass is 16.5. The number of carbonyl (C=O) groups excluding carboxylic acids is 1. The smallest absolute Gasteiger partial charge is 0.269 e. The van der Waals surface area contributed by atoms with E-state index in [4.69, 9.17) is 4.74 Å². The normalized spacial score (nSPS) is 19.8. The number of rotatable bonds is 5. The summed E-state index contributed by atoms with van der Waals surface area (Å²) in [6.07, 6.45) is 2.33. The molecule has 1 amide bonds. The van der Waals surface area contributed by atoms with E-state index in [9.17, 15) is 4.79 Å². The maximum absolute atomic E-state index is 12.0. The van der Waals surface area contributed by atoms with Crippen molar-refractivity contribution in [2.24, 2.45) is 0 Å². The van der Waals surface area contributed by atoms with Gasteiger partial charge in [0.2, 0.25) is 0 Å². The highest BCUT2D eigenvalue weighted by molar-refractivity contribution is 5.92. The predicted octanol–water partition coefficient (Wildman–Crippen LogP) is 1.27. The van der Waals surface area contributed by atoms with Crippen LogP contribution >= 0.6 is 0 Å². The molecule has 0 saturated carbocycles. The summed E-state index contributed by atoms with van der Waals surface area (Å²) in [7, 11) is 3.75. The first-order valence-corrected chi connectivity index (χ1v) is 7.13. The van der Waals surface area contributed by atoms with Gasteiger partial charge >= 0.3 is 0 Å². The number of likely N-dealkylation sites (N-methyl/N-ethyl adjacent to an activating group) is 1. The second kappa shape index (κ2) is 7.36. The summed E-state index contributed by atoms with van der Waals surface area (Å²) >= 11 is 0. The predicted molar refractivity (Wildman–Crippen MR) is 77.9 cm³/mol. The van der Waals surface area contributed by atoms with Crippen molar-refractivity contribution in [3.63, 3.8) is 0 Å². The van der Waals surface area contributed by atoms with Crippen LogP contribution in [0.4, 0.5) is 0 Å². The molecule has 0 aromatic carbocycles. The number of piperidine rings is 1. The number of amides is 1. The van der Waals surface area contributed by atoms with Gasteiger partial charge in [-0.05, 0) is 38.6 Å². The SMILES string of the molecule is COCCNC(=O)c1cccc(C2CCCN(C)C2)n1. The third-order valence-corrected chi connectivity index (χ3v) is 3.64. The lowest BCUT2D eigenvalue weighted by Crippen LogP contribution is -2.32. The zero-order valence-electron chi connectivity index (χ0n) is 12.3. The van der Waals surface area contributed by atoms with Crippen molar-refractivity contribution in [1.82, 2.24) is 15.2 Å². The molecule has 1 saturated heterocycles. The molecule has 1 aromatic rings. The van der Waals surface area contributed by atoms with Crippen LogP contribution in [0.15, 0.2) is 18.2 Å². The monoisotopic (exact) mass is 277 g/mol. The molecule has 1 unspecified atom stereocenters. The minimum absolute atomic E-state index is 0.131. The number of ether oxygens (including phenoxy) is 1. The molecule has 2 rings (SSSR count). The van der Waals surface area contributed by atoms with Crippen molar-refractivity contribution in [3.8, 4) is 0 Å². The van der Waals surface area contributed by atoms with Crippen molar-refractivity contribution in [2.45, 2.75) is 18.8 Å². The van der Waals surface area contributed by atoms with Crippen LogP contribution in [0.3, 0.4) is 0 Å². The lowest BCUT2D eigenvalue weighted by atomic mass is 9.94. The summed E-state index contributed by atoms with van der Waals surface area (Å²) in [5, 5.41) is 2.80. The number of carbonyl (C=O) groups is 1. The van der Waals surface area contributed by atoms with Crippen molar-refractivity contribution in [3.05, 3.63) is 29.6 Å². The van der Waals surface area contributed by atoms with E-state index < -0.39 is 0 Å². The highest BCUT2D eigenvalue weighted by Gasteiger charge is 2.20. The molecule has 110 valence electrons. The largest absolute Gasteiger partial charge is 0.383 e. The van der Waals surface area contributed by atoms with E-state index in [1.807, 2.05) is 12.1 Å². The summed E-state index contributed by atoms with van der Waals surface area (Å²) in [4.78, 5) is 18.8. The molecule has 2 heterocycles. The van der Waals surface area contributed by atoms with Crippen molar-refractivity contribution < 1.29 is 9.53 Å². The van der Waals surface area contributed by atoms with Gasteiger partial charge in [0.25, 0.3) is 5.91 Å². The molecular weight excluding hydrogens is 254 g/mol. The Morgan fingerprint density at radius 2 is 2.40 bits per heavy atom. The first-order chi connectivity index (χ1) is 9.70. The summed E-state index contributed by atoms with van der Waals surface area (Å²) in [6.45, 7) is 3.18. The summed E-state index contributed by atoms with van der Waals surface area (Å²) in [6, 6.07) is 5.70. The zero-order valence-corrected chi connectivity index (χ0v) is 12.3. The standard InChI is InChI=1S/C15H23N3O2/c1-18-9-4-5-12(11-18)13-6-3-7-14(17-13)15(19)16-8-10-20-2/h3,6-7,12H,4-5,8-11H2,1-2H3,(H,16,19). The van der Waals surface area contributed by atoms with E-state index in [1.54, 1.807) is 13.2 Å². The number of nitrogens with one attached hydrogen (secondary N) is 1. The Labute approximate surface area is 120 Å². The Bertz CT molecular complexity index is 450. The lowest BCUT2D eigenvalue weighted by molar-refractivity contribution is 0.0931. The van der Waals surface area contributed by atoms with E-state index in [0.717, 1.165) is 25.2 Å². The van der Waals surface area contributed by atoms with Crippen LogP contribution in [0.2, 0.25) is 0 Å². The number of methoxy groups -OCH3 is 1. The van der Waals surface area contributed by atoms with E-state index >= 15 is 0 Å². The Kier molecular flexibility index (Phi) is 5.49. The molecule has 5 nitrogen and oxygen atoms in total. The Morgan fingerprint density at radius 3 is 3.15 bits per heavy atom. The van der Waals surface area contributed by atoms with Gasteiger partial charge in [0, 0.05) is 31.8 Å².